The summed E-state index contributed by atoms with van der Waals surface area (Å²) < 4.78 is 44.2. The molecule has 0 unspecified atom stereocenters. The first-order chi connectivity index (χ1) is 39.6. The van der Waals surface area contributed by atoms with E-state index in [2.05, 4.69) is 60.7 Å². The molecule has 4 aliphatic heterocycles. The summed E-state index contributed by atoms with van der Waals surface area (Å²) in [6.45, 7) is 18.9. The van der Waals surface area contributed by atoms with Crippen molar-refractivity contribution in [3.05, 3.63) is 60.7 Å². The maximum atomic E-state index is 14.7. The van der Waals surface area contributed by atoms with Gasteiger partial charge in [0.25, 0.3) is 0 Å². The second-order valence-electron chi connectivity index (χ2n) is 26.7. The minimum absolute atomic E-state index is 0.0688. The molecule has 18 heteroatoms. The van der Waals surface area contributed by atoms with E-state index in [1.807, 2.05) is 32.8 Å². The van der Waals surface area contributed by atoms with Crippen LogP contribution in [0.1, 0.15) is 172 Å². The van der Waals surface area contributed by atoms with E-state index in [0.29, 0.717) is 18.5 Å². The van der Waals surface area contributed by atoms with Gasteiger partial charge in [0.05, 0.1) is 47.6 Å². The molecule has 4 fully saturated rings. The Kier molecular flexibility index (Phi) is 26.0. The number of hydrogen-bond acceptors (Lipinski definition) is 15. The molecular formula is C66H110ClN2O14P. The van der Waals surface area contributed by atoms with Crippen LogP contribution < -0.4 is 10.6 Å². The molecule has 4 aliphatic rings. The van der Waals surface area contributed by atoms with Crippen molar-refractivity contribution in [1.82, 2.24) is 9.80 Å². The van der Waals surface area contributed by atoms with Crippen LogP contribution in [0.25, 0.3) is 0 Å². The quantitative estimate of drug-likeness (QED) is 0.0423. The molecule has 1 amide bonds. The number of hydrogen-bond donors (Lipinski definition) is 5. The molecule has 4 heterocycles. The number of esters is 1. The molecule has 84 heavy (non-hydrogen) atoms. The van der Waals surface area contributed by atoms with Gasteiger partial charge in [0.2, 0.25) is 0 Å². The van der Waals surface area contributed by atoms with Crippen LogP contribution in [0.3, 0.4) is 0 Å². The summed E-state index contributed by atoms with van der Waals surface area (Å²) in [5.41, 5.74) is -4.44. The molecule has 4 saturated heterocycles. The summed E-state index contributed by atoms with van der Waals surface area (Å²) in [4.78, 5) is 32.9. The zero-order valence-electron chi connectivity index (χ0n) is 53.3. The van der Waals surface area contributed by atoms with Crippen LogP contribution in [0, 0.1) is 17.8 Å². The normalized spacial score (nSPS) is 37.0. The number of halogens is 1. The van der Waals surface area contributed by atoms with Crippen molar-refractivity contribution in [1.29, 1.82) is 0 Å². The van der Waals surface area contributed by atoms with E-state index in [9.17, 15) is 35.1 Å². The van der Waals surface area contributed by atoms with Crippen molar-refractivity contribution < 1.29 is 68.3 Å². The largest absolute Gasteiger partial charge is 0.388 e. The van der Waals surface area contributed by atoms with Gasteiger partial charge in [-0.25, -0.2) is 0 Å². The van der Waals surface area contributed by atoms with Crippen LogP contribution in [-0.4, -0.2) is 190 Å². The Morgan fingerprint density at radius 1 is 0.786 bits per heavy atom. The Balaban J connectivity index is 1.15. The molecule has 2 aromatic rings. The van der Waals surface area contributed by atoms with Gasteiger partial charge in [0.1, 0.15) is 30.0 Å². The van der Waals surface area contributed by atoms with E-state index in [1.54, 1.807) is 53.4 Å². The monoisotopic (exact) mass is 1220 g/mol. The van der Waals surface area contributed by atoms with Crippen LogP contribution in [0.15, 0.2) is 60.7 Å². The van der Waals surface area contributed by atoms with Crippen molar-refractivity contribution in [3.63, 3.8) is 0 Å². The molecule has 480 valence electrons. The average Bonchev–Trinajstić information content (AvgIpc) is 0.787. The van der Waals surface area contributed by atoms with Crippen LogP contribution in [0.4, 0.5) is 0 Å². The van der Waals surface area contributed by atoms with E-state index in [4.69, 9.17) is 44.4 Å². The number of carbonyl (C=O) groups is 2. The van der Waals surface area contributed by atoms with Crippen molar-refractivity contribution in [2.75, 3.05) is 47.1 Å². The molecule has 5 N–H and O–H groups in total. The maximum absolute atomic E-state index is 14.7. The third-order valence-electron chi connectivity index (χ3n) is 19.8. The second kappa shape index (κ2) is 30.9. The Labute approximate surface area is 509 Å². The van der Waals surface area contributed by atoms with Crippen LogP contribution >= 0.6 is 17.2 Å². The number of aliphatic hydroxyl groups excluding tert-OH is 3. The molecular weight excluding hydrogens is 1110 g/mol. The third kappa shape index (κ3) is 16.5. The smallest absolute Gasteiger partial charge is 0.126 e. The van der Waals surface area contributed by atoms with E-state index in [-0.39, 0.29) is 50.3 Å². The summed E-state index contributed by atoms with van der Waals surface area (Å²) in [6.07, 6.45) is 2.61. The molecule has 0 aromatic heterocycles. The van der Waals surface area contributed by atoms with Crippen molar-refractivity contribution in [2.45, 2.75) is 268 Å². The summed E-state index contributed by atoms with van der Waals surface area (Å²) in [5.74, 6) is -6.39. The summed E-state index contributed by atoms with van der Waals surface area (Å²) in [6, 6.07) is 20.5. The number of benzene rings is 2. The molecule has 6 rings (SSSR count). The average molecular weight is 1220 g/mol. The first kappa shape index (κ1) is 70.7. The van der Waals surface area contributed by atoms with Gasteiger partial charge in [0.15, 0.2) is 12.6 Å². The topological polar surface area (TPSA) is 206 Å². The SMILES string of the molecule is CC[C@H]1OC(=O)[C@H](C)[C@@H](O[C@H]2C[C@@](C)(OC)[C@@H](O)[C@H](C)O2)[C@H](C)[C@@H](O[C@@H]2O[C@H](C)C[C@H](N(C)C)[C@H]2O)[C@](C)(O)C[C@@H](C)CN(C(=O)CCCCCCCCCCCP(Cl)(c2ccccc2)(c2ccccc2)C2CCOCC2)[C@H](C)[C@@H](O)[C@]1(C)O. The minimum atomic E-state index is -3.10. The number of ether oxygens (including phenoxy) is 7. The number of cyclic esters (lactones) is 1. The zero-order valence-corrected chi connectivity index (χ0v) is 54.9. The van der Waals surface area contributed by atoms with Crippen LogP contribution in [0.5, 0.6) is 0 Å². The Morgan fingerprint density at radius 2 is 1.35 bits per heavy atom. The molecule has 0 saturated carbocycles. The first-order valence-electron chi connectivity index (χ1n) is 31.9. The molecule has 0 aliphatic carbocycles. The standard InChI is InChI=1S/C66H110ClN2O14P/c1-14-54-66(10,76)59(72)48(6)69(55(70)34-28-20-18-16-15-17-19-21-29-39-84(67,50-30-24-22-25-31-50,51-32-26-23-27-33-51)52-35-37-78-38-36-52)43-44(2)41-64(8,75)61(83-63-57(71)53(68(11)12)40-45(3)79-63)46(4)58(47(5)62(74)81-54)82-56-42-65(9,77-13)60(73)49(7)80-56/h22-27,30-33,44-49,52-54,56-61,63,71-73,75-76H,14-21,28-29,34-43H2,1-13H3/t44-,45-,46+,47-,48-,49+,53+,54-,56+,57-,58+,59-,60+,61-,63+,64-,65-,66-/m1/s1. The number of aliphatic hydroxyl groups is 5. The van der Waals surface area contributed by atoms with Gasteiger partial charge in [-0.05, 0) is 87.7 Å². The van der Waals surface area contributed by atoms with Crippen LogP contribution in [0.2, 0.25) is 0 Å². The van der Waals surface area contributed by atoms with E-state index < -0.39 is 108 Å². The number of nitrogens with zero attached hydrogens (tertiary/aromatic N) is 2. The molecule has 0 spiro atoms. The first-order valence-corrected chi connectivity index (χ1v) is 35.3. The van der Waals surface area contributed by atoms with E-state index in [1.165, 1.54) is 24.6 Å². The Bertz CT molecular complexity index is 2270. The van der Waals surface area contributed by atoms with Gasteiger partial charge in [-0.3, -0.25) is 9.59 Å². The van der Waals surface area contributed by atoms with Crippen LogP contribution in [-0.2, 0) is 42.7 Å². The predicted molar refractivity (Wildman–Crippen MR) is 333 cm³/mol. The van der Waals surface area contributed by atoms with Crippen molar-refractivity contribution in [3.8, 4) is 0 Å². The molecule has 16 nitrogen and oxygen atoms in total. The fourth-order valence-corrected chi connectivity index (χ4v) is 22.1. The Morgan fingerprint density at radius 3 is 1.89 bits per heavy atom. The molecule has 2 aromatic carbocycles. The van der Waals surface area contributed by atoms with E-state index in [0.717, 1.165) is 83.6 Å². The fourth-order valence-electron chi connectivity index (χ4n) is 14.7. The molecule has 18 atom stereocenters. The van der Waals surface area contributed by atoms with Gasteiger partial charge in [-0.1, -0.05) is 20.8 Å². The third-order valence-corrected chi connectivity index (χ3v) is 28.4. The number of methoxy groups -OCH3 is 1. The maximum Gasteiger partial charge on any atom is 0.126 e. The van der Waals surface area contributed by atoms with Gasteiger partial charge in [0, 0.05) is 32.0 Å². The summed E-state index contributed by atoms with van der Waals surface area (Å²) in [7, 11) is 5.26. The summed E-state index contributed by atoms with van der Waals surface area (Å²) >= 11 is 8.41. The van der Waals surface area contributed by atoms with Gasteiger partial charge in [-0.15, -0.1) is 0 Å². The van der Waals surface area contributed by atoms with Gasteiger partial charge < -0.3 is 63.8 Å². The number of likely N-dealkylation sites (N-methyl/N-ethyl adjacent to an activating group) is 1. The minimum Gasteiger partial charge on any atom is -0.388 e. The zero-order chi connectivity index (χ0) is 61.8. The number of amides is 1. The van der Waals surface area contributed by atoms with Gasteiger partial charge in [-0.2, -0.15) is 0 Å². The predicted octanol–water partition coefficient (Wildman–Crippen LogP) is 9.24. The molecule has 0 radical (unpaired) electrons. The van der Waals surface area contributed by atoms with E-state index >= 15 is 0 Å². The summed E-state index contributed by atoms with van der Waals surface area (Å²) in [5, 5.41) is 63.1. The van der Waals surface area contributed by atoms with Crippen molar-refractivity contribution >= 4 is 39.7 Å². The number of rotatable bonds is 22. The Hall–Kier alpha value is -2.38. The number of carbonyl (C=O) groups excluding carboxylic acids is 2. The fraction of sp³-hybridized carbons (Fsp3) is 0.788. The second-order valence-corrected chi connectivity index (χ2v) is 33.7. The van der Waals surface area contributed by atoms with Crippen molar-refractivity contribution in [2.24, 2.45) is 17.8 Å². The molecule has 0 bridgehead atoms. The van der Waals surface area contributed by atoms with Gasteiger partial charge >= 0.3 is 207 Å². The number of unbranched alkanes of at least 4 members (excludes halogenated alkanes) is 8.